The lowest BCUT2D eigenvalue weighted by molar-refractivity contribution is 0.101. The number of aryl methyl sites for hydroxylation is 4. The molecule has 23 heavy (non-hydrogen) atoms. The first kappa shape index (κ1) is 15.3. The maximum absolute atomic E-state index is 12.8. The lowest BCUT2D eigenvalue weighted by atomic mass is 10.1. The number of amides is 1. The van der Waals surface area contributed by atoms with E-state index in [1.807, 2.05) is 19.9 Å². The van der Waals surface area contributed by atoms with E-state index in [-0.39, 0.29) is 5.91 Å². The Morgan fingerprint density at radius 3 is 2.65 bits per heavy atom. The van der Waals surface area contributed by atoms with Crippen molar-refractivity contribution in [3.63, 3.8) is 0 Å². The van der Waals surface area contributed by atoms with Crippen molar-refractivity contribution in [1.29, 1.82) is 0 Å². The molecule has 0 fully saturated rings. The number of H-pyrrole nitrogens is 1. The topological polar surface area (TPSA) is 62.7 Å². The van der Waals surface area contributed by atoms with Crippen molar-refractivity contribution in [2.75, 3.05) is 5.32 Å². The van der Waals surface area contributed by atoms with Gasteiger partial charge in [0.1, 0.15) is 5.69 Å². The standard InChI is InChI=1S/C18H22N4O/c1-5-13-7-8-15-14(10-13)12(4)17(22(15)6-2)18(23)19-16-9-11(3)20-21-16/h7-10H,5-6H2,1-4H3,(H2,19,20,21,23). The summed E-state index contributed by atoms with van der Waals surface area (Å²) < 4.78 is 2.07. The highest BCUT2D eigenvalue weighted by atomic mass is 16.2. The highest BCUT2D eigenvalue weighted by molar-refractivity contribution is 6.08. The highest BCUT2D eigenvalue weighted by Crippen LogP contribution is 2.27. The van der Waals surface area contributed by atoms with E-state index in [2.05, 4.69) is 52.1 Å². The lowest BCUT2D eigenvalue weighted by Gasteiger charge is -2.08. The smallest absolute Gasteiger partial charge is 0.273 e. The SMILES string of the molecule is CCc1ccc2c(c1)c(C)c(C(=O)Nc1cc(C)[nH]n1)n2CC. The Hall–Kier alpha value is -2.56. The van der Waals surface area contributed by atoms with Crippen LogP contribution in [0.2, 0.25) is 0 Å². The van der Waals surface area contributed by atoms with Crippen LogP contribution in [-0.2, 0) is 13.0 Å². The van der Waals surface area contributed by atoms with Crippen LogP contribution >= 0.6 is 0 Å². The largest absolute Gasteiger partial charge is 0.337 e. The molecule has 2 N–H and O–H groups in total. The van der Waals surface area contributed by atoms with E-state index >= 15 is 0 Å². The third kappa shape index (κ3) is 2.63. The zero-order valence-corrected chi connectivity index (χ0v) is 14.0. The number of nitrogens with zero attached hydrogens (tertiary/aromatic N) is 2. The van der Waals surface area contributed by atoms with Gasteiger partial charge in [-0.1, -0.05) is 13.0 Å². The van der Waals surface area contributed by atoms with Gasteiger partial charge in [-0.15, -0.1) is 0 Å². The maximum atomic E-state index is 12.8. The normalized spacial score (nSPS) is 11.1. The van der Waals surface area contributed by atoms with Crippen LogP contribution in [0.4, 0.5) is 5.82 Å². The van der Waals surface area contributed by atoms with Crippen LogP contribution in [0.15, 0.2) is 24.3 Å². The second kappa shape index (κ2) is 5.91. The average Bonchev–Trinajstić information content (AvgIpc) is 3.07. The summed E-state index contributed by atoms with van der Waals surface area (Å²) >= 11 is 0. The molecule has 1 amide bonds. The van der Waals surface area contributed by atoms with Gasteiger partial charge in [-0.25, -0.2) is 0 Å². The molecule has 0 radical (unpaired) electrons. The van der Waals surface area contributed by atoms with E-state index in [0.29, 0.717) is 11.5 Å². The molecule has 0 saturated heterocycles. The molecule has 5 nitrogen and oxygen atoms in total. The summed E-state index contributed by atoms with van der Waals surface area (Å²) in [5.41, 5.74) is 5.02. The van der Waals surface area contributed by atoms with Crippen LogP contribution in [0.5, 0.6) is 0 Å². The lowest BCUT2D eigenvalue weighted by Crippen LogP contribution is -2.18. The Balaban J connectivity index is 2.08. The van der Waals surface area contributed by atoms with Crippen molar-refractivity contribution in [2.24, 2.45) is 0 Å². The zero-order valence-electron chi connectivity index (χ0n) is 14.0. The van der Waals surface area contributed by atoms with Gasteiger partial charge in [0.25, 0.3) is 5.91 Å². The second-order valence-electron chi connectivity index (χ2n) is 5.81. The number of benzene rings is 1. The van der Waals surface area contributed by atoms with Gasteiger partial charge in [-0.05, 0) is 50.5 Å². The van der Waals surface area contributed by atoms with Crippen LogP contribution in [0, 0.1) is 13.8 Å². The van der Waals surface area contributed by atoms with Gasteiger partial charge in [0.2, 0.25) is 0 Å². The van der Waals surface area contributed by atoms with Crippen molar-refractivity contribution in [3.8, 4) is 0 Å². The number of carbonyl (C=O) groups excluding carboxylic acids is 1. The molecule has 120 valence electrons. The fourth-order valence-electron chi connectivity index (χ4n) is 3.07. The predicted octanol–water partition coefficient (Wildman–Crippen LogP) is 3.82. The van der Waals surface area contributed by atoms with E-state index in [9.17, 15) is 4.79 Å². The number of aromatic nitrogens is 3. The molecular formula is C18H22N4O. The molecule has 0 saturated carbocycles. The van der Waals surface area contributed by atoms with Crippen molar-refractivity contribution in [1.82, 2.24) is 14.8 Å². The first-order chi connectivity index (χ1) is 11.0. The number of hydrogen-bond acceptors (Lipinski definition) is 2. The number of rotatable bonds is 4. The first-order valence-electron chi connectivity index (χ1n) is 8.00. The molecule has 0 aliphatic rings. The van der Waals surface area contributed by atoms with Gasteiger partial charge >= 0.3 is 0 Å². The minimum absolute atomic E-state index is 0.120. The summed E-state index contributed by atoms with van der Waals surface area (Å²) in [5, 5.41) is 11.0. The molecule has 0 aliphatic carbocycles. The number of nitrogens with one attached hydrogen (secondary N) is 2. The number of aromatic amines is 1. The van der Waals surface area contributed by atoms with Crippen LogP contribution in [0.1, 0.15) is 41.2 Å². The van der Waals surface area contributed by atoms with Gasteiger partial charge in [-0.3, -0.25) is 9.89 Å². The van der Waals surface area contributed by atoms with Crippen LogP contribution in [-0.4, -0.2) is 20.7 Å². The first-order valence-corrected chi connectivity index (χ1v) is 8.00. The van der Waals surface area contributed by atoms with Crippen molar-refractivity contribution >= 4 is 22.6 Å². The Bertz CT molecular complexity index is 873. The summed E-state index contributed by atoms with van der Waals surface area (Å²) in [6, 6.07) is 8.25. The van der Waals surface area contributed by atoms with Crippen molar-refractivity contribution < 1.29 is 4.79 Å². The third-order valence-corrected chi connectivity index (χ3v) is 4.27. The molecule has 3 rings (SSSR count). The van der Waals surface area contributed by atoms with Gasteiger partial charge < -0.3 is 9.88 Å². The quantitative estimate of drug-likeness (QED) is 0.769. The molecule has 0 aliphatic heterocycles. The summed E-state index contributed by atoms with van der Waals surface area (Å²) in [7, 11) is 0. The molecule has 1 aromatic carbocycles. The highest BCUT2D eigenvalue weighted by Gasteiger charge is 2.20. The Labute approximate surface area is 135 Å². The van der Waals surface area contributed by atoms with E-state index in [0.717, 1.165) is 35.1 Å². The van der Waals surface area contributed by atoms with E-state index in [4.69, 9.17) is 0 Å². The van der Waals surface area contributed by atoms with Crippen LogP contribution < -0.4 is 5.32 Å². The predicted molar refractivity (Wildman–Crippen MR) is 93.0 cm³/mol. The number of fused-ring (bicyclic) bond motifs is 1. The van der Waals surface area contributed by atoms with E-state index in [1.54, 1.807) is 0 Å². The van der Waals surface area contributed by atoms with Gasteiger partial charge in [-0.2, -0.15) is 5.10 Å². The monoisotopic (exact) mass is 310 g/mol. The Morgan fingerprint density at radius 2 is 2.04 bits per heavy atom. The molecule has 0 atom stereocenters. The molecule has 0 bridgehead atoms. The van der Waals surface area contributed by atoms with E-state index in [1.165, 1.54) is 5.56 Å². The van der Waals surface area contributed by atoms with Crippen LogP contribution in [0.25, 0.3) is 10.9 Å². The van der Waals surface area contributed by atoms with Gasteiger partial charge in [0.15, 0.2) is 5.82 Å². The molecule has 5 heteroatoms. The minimum Gasteiger partial charge on any atom is -0.337 e. The van der Waals surface area contributed by atoms with Gasteiger partial charge in [0, 0.05) is 29.2 Å². The molecule has 3 aromatic rings. The zero-order chi connectivity index (χ0) is 16.6. The van der Waals surface area contributed by atoms with Gasteiger partial charge in [0.05, 0.1) is 0 Å². The summed E-state index contributed by atoms with van der Waals surface area (Å²) in [6.07, 6.45) is 0.987. The number of hydrogen-bond donors (Lipinski definition) is 2. The second-order valence-corrected chi connectivity index (χ2v) is 5.81. The Morgan fingerprint density at radius 1 is 1.26 bits per heavy atom. The fourth-order valence-corrected chi connectivity index (χ4v) is 3.07. The molecule has 0 spiro atoms. The summed E-state index contributed by atoms with van der Waals surface area (Å²) in [6.45, 7) is 8.86. The molecular weight excluding hydrogens is 288 g/mol. The summed E-state index contributed by atoms with van der Waals surface area (Å²) in [4.78, 5) is 12.8. The molecule has 2 heterocycles. The summed E-state index contributed by atoms with van der Waals surface area (Å²) in [5.74, 6) is 0.430. The average molecular weight is 310 g/mol. The van der Waals surface area contributed by atoms with E-state index < -0.39 is 0 Å². The number of carbonyl (C=O) groups is 1. The minimum atomic E-state index is -0.120. The Kier molecular flexibility index (Phi) is 3.94. The van der Waals surface area contributed by atoms with Crippen molar-refractivity contribution in [2.45, 2.75) is 40.7 Å². The fraction of sp³-hybridized carbons (Fsp3) is 0.333. The number of anilines is 1. The molecule has 2 aromatic heterocycles. The maximum Gasteiger partial charge on any atom is 0.273 e. The third-order valence-electron chi connectivity index (χ3n) is 4.27. The molecule has 0 unspecified atom stereocenters. The van der Waals surface area contributed by atoms with Crippen LogP contribution in [0.3, 0.4) is 0 Å². The van der Waals surface area contributed by atoms with Crippen molar-refractivity contribution in [3.05, 3.63) is 46.8 Å².